The lowest BCUT2D eigenvalue weighted by Crippen LogP contribution is -2.33. The summed E-state index contributed by atoms with van der Waals surface area (Å²) in [6, 6.07) is -0.0699. The number of Topliss-reactive ketones (excluding diaryl/α,β-unsaturated/α-hetero) is 1. The van der Waals surface area contributed by atoms with Crippen molar-refractivity contribution >= 4 is 11.5 Å². The zero-order chi connectivity index (χ0) is 13.4. The highest BCUT2D eigenvalue weighted by Crippen LogP contribution is 2.52. The molecule has 5 atom stereocenters. The monoisotopic (exact) mass is 263 g/mol. The first kappa shape index (κ1) is 13.3. The molecule has 19 heavy (non-hydrogen) atoms. The van der Waals surface area contributed by atoms with Gasteiger partial charge in [-0.15, -0.1) is 0 Å². The van der Waals surface area contributed by atoms with Crippen LogP contribution in [0.2, 0.25) is 0 Å². The summed E-state index contributed by atoms with van der Waals surface area (Å²) in [6.45, 7) is 2.10. The van der Waals surface area contributed by atoms with E-state index in [9.17, 15) is 9.90 Å². The van der Waals surface area contributed by atoms with Crippen molar-refractivity contribution in [3.63, 3.8) is 0 Å². The van der Waals surface area contributed by atoms with Crippen LogP contribution in [0.5, 0.6) is 0 Å². The number of aliphatic hydroxyl groups excluding tert-OH is 1. The molecule has 0 aromatic rings. The maximum absolute atomic E-state index is 12.6. The predicted molar refractivity (Wildman–Crippen MR) is 75.3 cm³/mol. The molecule has 0 amide bonds. The minimum Gasteiger partial charge on any atom is -0.394 e. The molecule has 3 rings (SSSR count). The molecule has 0 saturated heterocycles. The highest BCUT2D eigenvalue weighted by atomic mass is 16.3. The van der Waals surface area contributed by atoms with Crippen molar-refractivity contribution in [3.05, 3.63) is 0 Å². The molecule has 5 unspecified atom stereocenters. The Labute approximate surface area is 115 Å². The van der Waals surface area contributed by atoms with E-state index in [2.05, 4.69) is 4.99 Å². The fourth-order valence-corrected chi connectivity index (χ4v) is 4.67. The lowest BCUT2D eigenvalue weighted by molar-refractivity contribution is -0.118. The van der Waals surface area contributed by atoms with Crippen molar-refractivity contribution in [1.29, 1.82) is 0 Å². The second-order valence-electron chi connectivity index (χ2n) is 6.54. The van der Waals surface area contributed by atoms with Crippen LogP contribution in [0.25, 0.3) is 0 Å². The number of aliphatic hydroxyl groups is 1. The molecular weight excluding hydrogens is 238 g/mol. The first-order valence-corrected chi connectivity index (χ1v) is 7.99. The van der Waals surface area contributed by atoms with Crippen LogP contribution in [0.3, 0.4) is 0 Å². The van der Waals surface area contributed by atoms with E-state index in [1.54, 1.807) is 0 Å². The van der Waals surface area contributed by atoms with Crippen molar-refractivity contribution in [2.75, 3.05) is 6.61 Å². The number of nitrogens with zero attached hydrogens (tertiary/aromatic N) is 1. The van der Waals surface area contributed by atoms with Crippen LogP contribution in [-0.4, -0.2) is 29.3 Å². The molecule has 0 aliphatic heterocycles. The molecule has 3 heteroatoms. The van der Waals surface area contributed by atoms with E-state index in [-0.39, 0.29) is 18.6 Å². The fourth-order valence-electron chi connectivity index (χ4n) is 4.67. The van der Waals surface area contributed by atoms with Gasteiger partial charge in [0, 0.05) is 11.8 Å². The summed E-state index contributed by atoms with van der Waals surface area (Å²) in [4.78, 5) is 17.3. The lowest BCUT2D eigenvalue weighted by atomic mass is 9.65. The molecule has 0 spiro atoms. The minimum absolute atomic E-state index is 0.0682. The predicted octanol–water partition coefficient (Wildman–Crippen LogP) is 2.61. The zero-order valence-electron chi connectivity index (χ0n) is 11.8. The van der Waals surface area contributed by atoms with E-state index in [1.807, 2.05) is 6.92 Å². The molecule has 0 radical (unpaired) electrons. The van der Waals surface area contributed by atoms with Crippen molar-refractivity contribution in [3.8, 4) is 0 Å². The van der Waals surface area contributed by atoms with Crippen LogP contribution >= 0.6 is 0 Å². The molecule has 3 aliphatic carbocycles. The number of carbonyl (C=O) groups excluding carboxylic acids is 1. The largest absolute Gasteiger partial charge is 0.394 e. The van der Waals surface area contributed by atoms with E-state index in [0.29, 0.717) is 17.6 Å². The normalized spacial score (nSPS) is 41.4. The van der Waals surface area contributed by atoms with Gasteiger partial charge in [-0.2, -0.15) is 0 Å². The number of rotatable bonds is 3. The second-order valence-corrected chi connectivity index (χ2v) is 6.54. The number of hydrogen-bond donors (Lipinski definition) is 1. The number of aliphatic imine (C=N–C) groups is 1. The number of ketones is 1. The summed E-state index contributed by atoms with van der Waals surface area (Å²) in [5.41, 5.74) is 0.850. The molecule has 3 nitrogen and oxygen atoms in total. The van der Waals surface area contributed by atoms with E-state index < -0.39 is 0 Å². The quantitative estimate of drug-likeness (QED) is 0.851. The van der Waals surface area contributed by atoms with Gasteiger partial charge in [0.25, 0.3) is 0 Å². The zero-order valence-corrected chi connectivity index (χ0v) is 11.8. The van der Waals surface area contributed by atoms with Gasteiger partial charge in [0.1, 0.15) is 0 Å². The van der Waals surface area contributed by atoms with E-state index in [1.165, 1.54) is 25.7 Å². The van der Waals surface area contributed by atoms with Crippen LogP contribution in [0.4, 0.5) is 0 Å². The van der Waals surface area contributed by atoms with Crippen LogP contribution in [0, 0.1) is 23.7 Å². The summed E-state index contributed by atoms with van der Waals surface area (Å²) >= 11 is 0. The molecule has 0 heterocycles. The Morgan fingerprint density at radius 3 is 2.53 bits per heavy atom. The van der Waals surface area contributed by atoms with Gasteiger partial charge in [0.2, 0.25) is 0 Å². The third-order valence-electron chi connectivity index (χ3n) is 5.60. The molecule has 0 bridgehead atoms. The molecular formula is C16H25NO2. The smallest absolute Gasteiger partial charge is 0.180 e. The highest BCUT2D eigenvalue weighted by Gasteiger charge is 2.52. The van der Waals surface area contributed by atoms with Crippen molar-refractivity contribution in [2.24, 2.45) is 28.7 Å². The summed E-state index contributed by atoms with van der Waals surface area (Å²) in [7, 11) is 0. The summed E-state index contributed by atoms with van der Waals surface area (Å²) in [5, 5.41) is 9.34. The van der Waals surface area contributed by atoms with Crippen molar-refractivity contribution in [1.82, 2.24) is 0 Å². The molecule has 0 aromatic carbocycles. The Morgan fingerprint density at radius 2 is 1.89 bits per heavy atom. The van der Waals surface area contributed by atoms with Gasteiger partial charge < -0.3 is 5.11 Å². The van der Waals surface area contributed by atoms with Crippen LogP contribution in [0.1, 0.15) is 51.9 Å². The SMILES string of the molecule is CCC(CO)N=C1C(=O)C2CCCC3CCCC1C32. The summed E-state index contributed by atoms with van der Waals surface area (Å²) < 4.78 is 0. The Bertz CT molecular complexity index is 384. The second kappa shape index (κ2) is 5.35. The van der Waals surface area contributed by atoms with Gasteiger partial charge in [-0.05, 0) is 31.1 Å². The molecule has 0 aromatic heterocycles. The number of carbonyl (C=O) groups is 1. The van der Waals surface area contributed by atoms with E-state index in [0.717, 1.165) is 30.9 Å². The summed E-state index contributed by atoms with van der Waals surface area (Å²) in [5.74, 6) is 2.36. The van der Waals surface area contributed by atoms with Crippen LogP contribution < -0.4 is 0 Å². The van der Waals surface area contributed by atoms with Gasteiger partial charge in [-0.25, -0.2) is 0 Å². The topological polar surface area (TPSA) is 49.7 Å². The minimum atomic E-state index is -0.0699. The van der Waals surface area contributed by atoms with Gasteiger partial charge in [0.05, 0.1) is 18.4 Å². The average molecular weight is 263 g/mol. The Balaban J connectivity index is 1.91. The Hall–Kier alpha value is -0.700. The average Bonchev–Trinajstić information content (AvgIpc) is 2.72. The highest BCUT2D eigenvalue weighted by molar-refractivity contribution is 6.43. The molecule has 1 N–H and O–H groups in total. The first-order chi connectivity index (χ1) is 9.26. The Morgan fingerprint density at radius 1 is 1.21 bits per heavy atom. The number of hydrogen-bond acceptors (Lipinski definition) is 3. The first-order valence-electron chi connectivity index (χ1n) is 7.99. The van der Waals surface area contributed by atoms with Gasteiger partial charge >= 0.3 is 0 Å². The van der Waals surface area contributed by atoms with Crippen LogP contribution in [0.15, 0.2) is 4.99 Å². The lowest BCUT2D eigenvalue weighted by Gasteiger charge is -2.39. The third-order valence-corrected chi connectivity index (χ3v) is 5.60. The molecule has 3 fully saturated rings. The Kier molecular flexibility index (Phi) is 3.75. The van der Waals surface area contributed by atoms with E-state index in [4.69, 9.17) is 0 Å². The third kappa shape index (κ3) is 2.16. The van der Waals surface area contributed by atoms with Crippen LogP contribution in [-0.2, 0) is 4.79 Å². The van der Waals surface area contributed by atoms with Gasteiger partial charge in [0.15, 0.2) is 5.78 Å². The van der Waals surface area contributed by atoms with Gasteiger partial charge in [-0.3, -0.25) is 9.79 Å². The molecule has 3 saturated carbocycles. The maximum atomic E-state index is 12.6. The van der Waals surface area contributed by atoms with Gasteiger partial charge in [-0.1, -0.05) is 32.6 Å². The molecule has 106 valence electrons. The standard InChI is InChI=1S/C16H25NO2/c1-2-11(9-18)17-15-12-7-3-5-10-6-4-8-13(14(10)12)16(15)19/h10-14,18H,2-9H2,1H3. The van der Waals surface area contributed by atoms with E-state index >= 15 is 0 Å². The fraction of sp³-hybridized carbons (Fsp3) is 0.875. The maximum Gasteiger partial charge on any atom is 0.180 e. The summed E-state index contributed by atoms with van der Waals surface area (Å²) in [6.07, 6.45) is 8.13. The molecule has 3 aliphatic rings. The van der Waals surface area contributed by atoms with Crippen molar-refractivity contribution < 1.29 is 9.90 Å². The van der Waals surface area contributed by atoms with Crippen molar-refractivity contribution in [2.45, 2.75) is 57.9 Å².